The highest BCUT2D eigenvalue weighted by Crippen LogP contribution is 2.39. The number of aliphatic carboxylic acids is 1. The van der Waals surface area contributed by atoms with Crippen LogP contribution in [0.4, 0.5) is 10.1 Å². The van der Waals surface area contributed by atoms with Gasteiger partial charge in [0, 0.05) is 0 Å². The molecule has 5 nitrogen and oxygen atoms in total. The molecule has 2 N–H and O–H groups in total. The average molecular weight is 224 g/mol. The van der Waals surface area contributed by atoms with Gasteiger partial charge in [0.2, 0.25) is 11.9 Å². The molecule has 1 aliphatic rings. The summed E-state index contributed by atoms with van der Waals surface area (Å²) in [6.45, 7) is 0. The molecule has 1 aromatic rings. The van der Waals surface area contributed by atoms with Crippen molar-refractivity contribution in [3.05, 3.63) is 24.3 Å². The molecule has 0 unspecified atom stereocenters. The number of carboxylic acids is 1. The second-order valence-electron chi connectivity index (χ2n) is 3.65. The molecule has 0 bridgehead atoms. The van der Waals surface area contributed by atoms with E-state index in [1.165, 1.54) is 12.3 Å². The molecule has 0 radical (unpaired) electrons. The van der Waals surface area contributed by atoms with Crippen LogP contribution in [0.15, 0.2) is 18.3 Å². The van der Waals surface area contributed by atoms with Gasteiger partial charge >= 0.3 is 5.97 Å². The van der Waals surface area contributed by atoms with E-state index in [2.05, 4.69) is 10.3 Å². The van der Waals surface area contributed by atoms with Crippen LogP contribution in [0.1, 0.15) is 6.42 Å². The molecule has 1 amide bonds. The topological polar surface area (TPSA) is 79.3 Å². The predicted octanol–water partition coefficient (Wildman–Crippen LogP) is 0.880. The Hall–Kier alpha value is -1.98. The summed E-state index contributed by atoms with van der Waals surface area (Å²) in [5.74, 6) is -3.03. The van der Waals surface area contributed by atoms with Crippen molar-refractivity contribution in [2.45, 2.75) is 6.42 Å². The Morgan fingerprint density at radius 3 is 2.69 bits per heavy atom. The number of amides is 1. The summed E-state index contributed by atoms with van der Waals surface area (Å²) >= 11 is 0. The van der Waals surface area contributed by atoms with E-state index >= 15 is 0 Å². The maximum atomic E-state index is 12.5. The number of aromatic nitrogens is 1. The molecule has 0 spiro atoms. The lowest BCUT2D eigenvalue weighted by atomic mass is 10.3. The van der Waals surface area contributed by atoms with E-state index in [1.54, 1.807) is 0 Å². The summed E-state index contributed by atoms with van der Waals surface area (Å²) in [4.78, 5) is 25.4. The number of hydrogen-bond donors (Lipinski definition) is 2. The van der Waals surface area contributed by atoms with E-state index in [9.17, 15) is 14.0 Å². The van der Waals surface area contributed by atoms with Gasteiger partial charge < -0.3 is 10.4 Å². The van der Waals surface area contributed by atoms with Crippen molar-refractivity contribution in [2.75, 3.05) is 5.32 Å². The van der Waals surface area contributed by atoms with Crippen LogP contribution < -0.4 is 5.32 Å². The van der Waals surface area contributed by atoms with E-state index in [1.807, 2.05) is 0 Å². The standard InChI is InChI=1S/C10H9FN2O3/c11-8-2-1-5(4-12-8)13-9(14)6-3-7(6)10(15)16/h1-2,4,6-7H,3H2,(H,13,14)(H,15,16)/t6-,7+/m1/s1. The second kappa shape index (κ2) is 3.88. The minimum absolute atomic E-state index is 0.357. The first-order valence-electron chi connectivity index (χ1n) is 4.73. The van der Waals surface area contributed by atoms with Crippen molar-refractivity contribution >= 4 is 17.6 Å². The number of carbonyl (C=O) groups excluding carboxylic acids is 1. The lowest BCUT2D eigenvalue weighted by Crippen LogP contribution is -2.16. The van der Waals surface area contributed by atoms with Gasteiger partial charge in [-0.2, -0.15) is 4.39 Å². The molecule has 0 aromatic carbocycles. The third-order valence-electron chi connectivity index (χ3n) is 2.44. The fourth-order valence-corrected chi connectivity index (χ4v) is 1.44. The van der Waals surface area contributed by atoms with Crippen LogP contribution in [-0.2, 0) is 9.59 Å². The number of carboxylic acid groups (broad SMARTS) is 1. The minimum Gasteiger partial charge on any atom is -0.481 e. The van der Waals surface area contributed by atoms with Crippen molar-refractivity contribution < 1.29 is 19.1 Å². The van der Waals surface area contributed by atoms with Crippen molar-refractivity contribution in [2.24, 2.45) is 11.8 Å². The molecule has 16 heavy (non-hydrogen) atoms. The van der Waals surface area contributed by atoms with Crippen LogP contribution >= 0.6 is 0 Å². The summed E-state index contributed by atoms with van der Waals surface area (Å²) < 4.78 is 12.5. The van der Waals surface area contributed by atoms with Crippen LogP contribution in [0.25, 0.3) is 0 Å². The van der Waals surface area contributed by atoms with Crippen molar-refractivity contribution in [3.8, 4) is 0 Å². The summed E-state index contributed by atoms with van der Waals surface area (Å²) in [6.07, 6.45) is 1.54. The fraction of sp³-hybridized carbons (Fsp3) is 0.300. The van der Waals surface area contributed by atoms with Crippen LogP contribution in [-0.4, -0.2) is 22.0 Å². The van der Waals surface area contributed by atoms with Gasteiger partial charge in [0.15, 0.2) is 0 Å². The number of hydrogen-bond acceptors (Lipinski definition) is 3. The van der Waals surface area contributed by atoms with Gasteiger partial charge in [-0.05, 0) is 18.6 Å². The van der Waals surface area contributed by atoms with E-state index < -0.39 is 23.8 Å². The number of nitrogens with zero attached hydrogens (tertiary/aromatic N) is 1. The lowest BCUT2D eigenvalue weighted by molar-refractivity contribution is -0.139. The number of rotatable bonds is 3. The van der Waals surface area contributed by atoms with Crippen LogP contribution in [0.3, 0.4) is 0 Å². The SMILES string of the molecule is O=C(O)[C@H]1C[C@H]1C(=O)Nc1ccc(F)nc1. The third kappa shape index (κ3) is 2.16. The molecule has 6 heteroatoms. The summed E-state index contributed by atoms with van der Waals surface area (Å²) in [5.41, 5.74) is 0.363. The molecule has 1 heterocycles. The maximum absolute atomic E-state index is 12.5. The molecule has 84 valence electrons. The first-order chi connectivity index (χ1) is 7.58. The zero-order valence-corrected chi connectivity index (χ0v) is 8.18. The van der Waals surface area contributed by atoms with E-state index in [0.717, 1.165) is 6.07 Å². The largest absolute Gasteiger partial charge is 0.481 e. The summed E-state index contributed by atoms with van der Waals surface area (Å²) in [7, 11) is 0. The number of nitrogens with one attached hydrogen (secondary N) is 1. The second-order valence-corrected chi connectivity index (χ2v) is 3.65. The van der Waals surface area contributed by atoms with Gasteiger partial charge in [-0.25, -0.2) is 4.98 Å². The number of halogens is 1. The first kappa shape index (κ1) is 10.5. The quantitative estimate of drug-likeness (QED) is 0.747. The molecule has 2 rings (SSSR count). The highest BCUT2D eigenvalue weighted by atomic mass is 19.1. The Labute approximate surface area is 90.3 Å². The summed E-state index contributed by atoms with van der Waals surface area (Å²) in [6, 6.07) is 2.50. The Balaban J connectivity index is 1.94. The highest BCUT2D eigenvalue weighted by Gasteiger charge is 2.48. The average Bonchev–Trinajstić information content (AvgIpc) is 3.01. The van der Waals surface area contributed by atoms with Crippen molar-refractivity contribution in [1.82, 2.24) is 4.98 Å². The molecule has 2 atom stereocenters. The number of carbonyl (C=O) groups is 2. The highest BCUT2D eigenvalue weighted by molar-refractivity contribution is 5.98. The lowest BCUT2D eigenvalue weighted by Gasteiger charge is -2.02. The molecule has 0 saturated heterocycles. The molecular formula is C10H9FN2O3. The van der Waals surface area contributed by atoms with E-state index in [4.69, 9.17) is 5.11 Å². The smallest absolute Gasteiger partial charge is 0.307 e. The monoisotopic (exact) mass is 224 g/mol. The van der Waals surface area contributed by atoms with Crippen LogP contribution in [0.2, 0.25) is 0 Å². The first-order valence-corrected chi connectivity index (χ1v) is 4.73. The van der Waals surface area contributed by atoms with Gasteiger partial charge in [-0.1, -0.05) is 0 Å². The molecule has 1 aromatic heterocycles. The Kier molecular flexibility index (Phi) is 2.55. The number of anilines is 1. The maximum Gasteiger partial charge on any atom is 0.307 e. The van der Waals surface area contributed by atoms with Gasteiger partial charge in [0.25, 0.3) is 0 Å². The van der Waals surface area contributed by atoms with Crippen LogP contribution in [0.5, 0.6) is 0 Å². The fourth-order valence-electron chi connectivity index (χ4n) is 1.44. The number of pyridine rings is 1. The normalized spacial score (nSPS) is 22.6. The van der Waals surface area contributed by atoms with Crippen molar-refractivity contribution in [1.29, 1.82) is 0 Å². The Bertz CT molecular complexity index is 432. The van der Waals surface area contributed by atoms with Gasteiger partial charge in [-0.15, -0.1) is 0 Å². The zero-order chi connectivity index (χ0) is 11.7. The predicted molar refractivity (Wildman–Crippen MR) is 52.1 cm³/mol. The van der Waals surface area contributed by atoms with Gasteiger partial charge in [-0.3, -0.25) is 9.59 Å². The Morgan fingerprint density at radius 2 is 2.19 bits per heavy atom. The van der Waals surface area contributed by atoms with Gasteiger partial charge in [0.1, 0.15) is 0 Å². The minimum atomic E-state index is -0.961. The van der Waals surface area contributed by atoms with Gasteiger partial charge in [0.05, 0.1) is 23.7 Å². The molecular weight excluding hydrogens is 215 g/mol. The summed E-state index contributed by atoms with van der Waals surface area (Å²) in [5, 5.41) is 11.1. The van der Waals surface area contributed by atoms with E-state index in [-0.39, 0.29) is 5.91 Å². The van der Waals surface area contributed by atoms with Crippen molar-refractivity contribution in [3.63, 3.8) is 0 Å². The third-order valence-corrected chi connectivity index (χ3v) is 2.44. The molecule has 0 aliphatic heterocycles. The Morgan fingerprint density at radius 1 is 1.44 bits per heavy atom. The van der Waals surface area contributed by atoms with E-state index in [0.29, 0.717) is 12.1 Å². The molecule has 1 fully saturated rings. The molecule has 1 aliphatic carbocycles. The molecule has 1 saturated carbocycles. The van der Waals surface area contributed by atoms with Crippen LogP contribution in [0, 0.1) is 17.8 Å². The zero-order valence-electron chi connectivity index (χ0n) is 8.18.